The van der Waals surface area contributed by atoms with Gasteiger partial charge in [-0.1, -0.05) is 48.5 Å². The van der Waals surface area contributed by atoms with Crippen LogP contribution >= 0.6 is 0 Å². The summed E-state index contributed by atoms with van der Waals surface area (Å²) in [5.74, 6) is 0.769. The van der Waals surface area contributed by atoms with E-state index in [1.54, 1.807) is 18.3 Å². The fourth-order valence-electron chi connectivity index (χ4n) is 1.25. The van der Waals surface area contributed by atoms with Gasteiger partial charge in [0, 0.05) is 6.42 Å². The van der Waals surface area contributed by atoms with Crippen molar-refractivity contribution in [1.82, 2.24) is 10.3 Å². The Morgan fingerprint density at radius 2 is 1.73 bits per heavy atom. The number of ether oxygens (including phenoxy) is 1. The van der Waals surface area contributed by atoms with E-state index in [9.17, 15) is 4.79 Å². The molecule has 1 aromatic rings. The van der Waals surface area contributed by atoms with Crippen LogP contribution in [0.1, 0.15) is 71.8 Å². The fourth-order valence-corrected chi connectivity index (χ4v) is 1.25. The van der Waals surface area contributed by atoms with E-state index in [1.807, 2.05) is 55.5 Å². The Bertz CT molecular complexity index is 324. The molecule has 1 N–H and O–H groups in total. The normalized spacial score (nSPS) is 8.18. The van der Waals surface area contributed by atoms with Gasteiger partial charge in [-0.3, -0.25) is 4.79 Å². The number of aromatic nitrogens is 1. The van der Waals surface area contributed by atoms with Gasteiger partial charge in [0.05, 0.1) is 12.8 Å². The SMILES string of the molecule is CC.CC.CC.CCC(=O)c1ccc(OCCCNC)cn1. The van der Waals surface area contributed by atoms with E-state index in [0.29, 0.717) is 24.5 Å². The Labute approximate surface area is 137 Å². The average molecular weight is 312 g/mol. The van der Waals surface area contributed by atoms with Crippen LogP contribution < -0.4 is 10.1 Å². The zero-order valence-electron chi connectivity index (χ0n) is 15.8. The lowest BCUT2D eigenvalue weighted by Crippen LogP contribution is -2.11. The second kappa shape index (κ2) is 21.9. The molecule has 0 aliphatic carbocycles. The van der Waals surface area contributed by atoms with E-state index in [0.717, 1.165) is 13.0 Å². The van der Waals surface area contributed by atoms with E-state index < -0.39 is 0 Å². The standard InChI is InChI=1S/C12H18N2O2.3C2H6/c1-3-12(15)11-6-5-10(9-14-11)16-8-4-7-13-2;3*1-2/h5-6,9,13H,3-4,7-8H2,1-2H3;3*1-2H3. The molecule has 0 aromatic carbocycles. The first kappa shape index (κ1) is 25.5. The van der Waals surface area contributed by atoms with Gasteiger partial charge < -0.3 is 10.1 Å². The molecule has 0 atom stereocenters. The maximum absolute atomic E-state index is 11.3. The minimum absolute atomic E-state index is 0.0572. The largest absolute Gasteiger partial charge is 0.492 e. The Balaban J connectivity index is -0.000000535. The zero-order valence-corrected chi connectivity index (χ0v) is 15.8. The molecule has 0 radical (unpaired) electrons. The summed E-state index contributed by atoms with van der Waals surface area (Å²) in [4.78, 5) is 15.4. The lowest BCUT2D eigenvalue weighted by Gasteiger charge is -2.05. The number of Topliss-reactive ketones (excluding diaryl/α,β-unsaturated/α-hetero) is 1. The summed E-state index contributed by atoms with van der Waals surface area (Å²) in [7, 11) is 1.91. The monoisotopic (exact) mass is 312 g/mol. The van der Waals surface area contributed by atoms with Crippen molar-refractivity contribution in [2.45, 2.75) is 61.3 Å². The van der Waals surface area contributed by atoms with Crippen molar-refractivity contribution >= 4 is 5.78 Å². The number of nitrogens with one attached hydrogen (secondary N) is 1. The predicted molar refractivity (Wildman–Crippen MR) is 96.9 cm³/mol. The third-order valence-electron chi connectivity index (χ3n) is 2.18. The third-order valence-corrected chi connectivity index (χ3v) is 2.18. The smallest absolute Gasteiger partial charge is 0.180 e. The van der Waals surface area contributed by atoms with E-state index >= 15 is 0 Å². The van der Waals surface area contributed by atoms with Crippen molar-refractivity contribution in [3.05, 3.63) is 24.0 Å². The van der Waals surface area contributed by atoms with Crippen LogP contribution in [0.4, 0.5) is 0 Å². The molecule has 0 saturated carbocycles. The molecular weight excluding hydrogens is 276 g/mol. The highest BCUT2D eigenvalue weighted by Gasteiger charge is 2.04. The van der Waals surface area contributed by atoms with Crippen LogP contribution in [0, 0.1) is 0 Å². The van der Waals surface area contributed by atoms with Gasteiger partial charge in [-0.15, -0.1) is 0 Å². The highest BCUT2D eigenvalue weighted by atomic mass is 16.5. The van der Waals surface area contributed by atoms with Crippen LogP contribution in [0.25, 0.3) is 0 Å². The number of hydrogen-bond acceptors (Lipinski definition) is 4. The number of carbonyl (C=O) groups excluding carboxylic acids is 1. The highest BCUT2D eigenvalue weighted by molar-refractivity contribution is 5.93. The highest BCUT2D eigenvalue weighted by Crippen LogP contribution is 2.10. The van der Waals surface area contributed by atoms with E-state index in [-0.39, 0.29) is 5.78 Å². The van der Waals surface area contributed by atoms with Gasteiger partial charge in [0.15, 0.2) is 5.78 Å². The molecule has 0 bridgehead atoms. The number of rotatable bonds is 7. The van der Waals surface area contributed by atoms with Crippen molar-refractivity contribution in [2.24, 2.45) is 0 Å². The lowest BCUT2D eigenvalue weighted by atomic mass is 10.2. The lowest BCUT2D eigenvalue weighted by molar-refractivity contribution is 0.0983. The number of carbonyl (C=O) groups is 1. The second-order valence-corrected chi connectivity index (χ2v) is 3.46. The molecule has 0 unspecified atom stereocenters. The van der Waals surface area contributed by atoms with Crippen molar-refractivity contribution in [3.8, 4) is 5.75 Å². The number of nitrogens with zero attached hydrogens (tertiary/aromatic N) is 1. The summed E-state index contributed by atoms with van der Waals surface area (Å²) in [6.07, 6.45) is 3.03. The Kier molecular flexibility index (Phi) is 25.4. The minimum Gasteiger partial charge on any atom is -0.492 e. The van der Waals surface area contributed by atoms with Crippen LogP contribution in [0.5, 0.6) is 5.75 Å². The summed E-state index contributed by atoms with van der Waals surface area (Å²) in [6.45, 7) is 15.4. The third kappa shape index (κ3) is 13.6. The van der Waals surface area contributed by atoms with Crippen molar-refractivity contribution in [1.29, 1.82) is 0 Å². The van der Waals surface area contributed by atoms with E-state index in [1.165, 1.54) is 0 Å². The van der Waals surface area contributed by atoms with Gasteiger partial charge in [0.1, 0.15) is 11.4 Å². The molecule has 0 fully saturated rings. The fraction of sp³-hybridized carbons (Fsp3) is 0.667. The van der Waals surface area contributed by atoms with E-state index in [2.05, 4.69) is 10.3 Å². The topological polar surface area (TPSA) is 51.2 Å². The van der Waals surface area contributed by atoms with Gasteiger partial charge in [-0.25, -0.2) is 4.98 Å². The summed E-state index contributed by atoms with van der Waals surface area (Å²) in [5, 5.41) is 3.05. The second-order valence-electron chi connectivity index (χ2n) is 3.46. The molecule has 130 valence electrons. The van der Waals surface area contributed by atoms with Gasteiger partial charge >= 0.3 is 0 Å². The van der Waals surface area contributed by atoms with Gasteiger partial charge in [-0.05, 0) is 32.1 Å². The molecule has 0 aliphatic heterocycles. The Morgan fingerprint density at radius 3 is 2.14 bits per heavy atom. The first-order valence-corrected chi connectivity index (χ1v) is 8.54. The first-order valence-electron chi connectivity index (χ1n) is 8.54. The number of pyridine rings is 1. The zero-order chi connectivity index (χ0) is 17.8. The molecule has 1 rings (SSSR count). The van der Waals surface area contributed by atoms with Crippen LogP contribution in [-0.2, 0) is 0 Å². The van der Waals surface area contributed by atoms with Crippen molar-refractivity contribution in [3.63, 3.8) is 0 Å². The molecule has 4 nitrogen and oxygen atoms in total. The molecule has 22 heavy (non-hydrogen) atoms. The summed E-state index contributed by atoms with van der Waals surface area (Å²) in [5.41, 5.74) is 0.505. The molecule has 0 aliphatic rings. The molecule has 1 heterocycles. The maximum atomic E-state index is 11.3. The van der Waals surface area contributed by atoms with Crippen molar-refractivity contribution < 1.29 is 9.53 Å². The summed E-state index contributed by atoms with van der Waals surface area (Å²) >= 11 is 0. The van der Waals surface area contributed by atoms with Crippen LogP contribution in [0.2, 0.25) is 0 Å². The van der Waals surface area contributed by atoms with E-state index in [4.69, 9.17) is 4.74 Å². The van der Waals surface area contributed by atoms with Gasteiger partial charge in [0.2, 0.25) is 0 Å². The van der Waals surface area contributed by atoms with Crippen LogP contribution in [0.15, 0.2) is 18.3 Å². The van der Waals surface area contributed by atoms with Crippen LogP contribution in [-0.4, -0.2) is 31.0 Å². The molecule has 4 heteroatoms. The molecular formula is C18H36N2O2. The summed E-state index contributed by atoms with van der Waals surface area (Å²) in [6, 6.07) is 3.49. The molecule has 0 spiro atoms. The number of ketones is 1. The molecule has 0 amide bonds. The predicted octanol–water partition coefficient (Wildman–Crippen LogP) is 4.74. The maximum Gasteiger partial charge on any atom is 0.180 e. The average Bonchev–Trinajstić information content (AvgIpc) is 2.63. The van der Waals surface area contributed by atoms with Crippen molar-refractivity contribution in [2.75, 3.05) is 20.2 Å². The van der Waals surface area contributed by atoms with Gasteiger partial charge in [-0.2, -0.15) is 0 Å². The molecule has 1 aromatic heterocycles. The number of hydrogen-bond donors (Lipinski definition) is 1. The minimum atomic E-state index is 0.0572. The Hall–Kier alpha value is -1.42. The summed E-state index contributed by atoms with van der Waals surface area (Å²) < 4.78 is 5.46. The molecule has 0 saturated heterocycles. The van der Waals surface area contributed by atoms with Crippen LogP contribution in [0.3, 0.4) is 0 Å². The quantitative estimate of drug-likeness (QED) is 0.583. The van der Waals surface area contributed by atoms with Gasteiger partial charge in [0.25, 0.3) is 0 Å². The first-order chi connectivity index (χ1) is 10.8. The Morgan fingerprint density at radius 1 is 1.14 bits per heavy atom.